The second kappa shape index (κ2) is 7.52. The number of hydrogen-bond acceptors (Lipinski definition) is 4. The number of benzene rings is 2. The molecule has 1 amide bonds. The van der Waals surface area contributed by atoms with Gasteiger partial charge in [0.05, 0.1) is 23.3 Å². The van der Waals surface area contributed by atoms with Crippen molar-refractivity contribution >= 4 is 33.6 Å². The molecule has 0 spiro atoms. The Hall–Kier alpha value is -3.27. The van der Waals surface area contributed by atoms with E-state index in [1.54, 1.807) is 0 Å². The predicted octanol–water partition coefficient (Wildman–Crippen LogP) is 4.83. The molecule has 4 rings (SSSR count). The van der Waals surface area contributed by atoms with Crippen LogP contribution in [0.1, 0.15) is 39.2 Å². The number of nitriles is 1. The summed E-state index contributed by atoms with van der Waals surface area (Å²) < 4.78 is 20.9. The van der Waals surface area contributed by atoms with Gasteiger partial charge >= 0.3 is 6.09 Å². The topological polar surface area (TPSA) is 81.2 Å². The second-order valence-electron chi connectivity index (χ2n) is 8.78. The molecule has 0 bridgehead atoms. The number of ether oxygens (including phenoxy) is 1. The van der Waals surface area contributed by atoms with Gasteiger partial charge in [-0.1, -0.05) is 18.2 Å². The molecule has 2 aromatic carbocycles. The van der Waals surface area contributed by atoms with Gasteiger partial charge in [-0.15, -0.1) is 0 Å². The minimum atomic E-state index is -0.466. The zero-order chi connectivity index (χ0) is 21.5. The third-order valence-electron chi connectivity index (χ3n) is 5.28. The Morgan fingerprint density at radius 1 is 1.37 bits per heavy atom. The first-order chi connectivity index (χ1) is 14.3. The Morgan fingerprint density at radius 3 is 2.87 bits per heavy atom. The van der Waals surface area contributed by atoms with Gasteiger partial charge in [-0.25, -0.2) is 9.18 Å². The van der Waals surface area contributed by atoms with E-state index in [1.807, 2.05) is 49.9 Å². The number of halogens is 1. The molecular weight excluding hydrogens is 383 g/mol. The van der Waals surface area contributed by atoms with E-state index in [9.17, 15) is 10.1 Å². The lowest BCUT2D eigenvalue weighted by molar-refractivity contribution is 0.0826. The molecule has 0 saturated carbocycles. The molecule has 1 saturated heterocycles. The lowest BCUT2D eigenvalue weighted by Gasteiger charge is -2.35. The number of fused-ring (bicyclic) bond motifs is 3. The second-order valence-corrected chi connectivity index (χ2v) is 8.78. The molecule has 2 heterocycles. The van der Waals surface area contributed by atoms with Crippen LogP contribution in [0.5, 0.6) is 0 Å². The number of aromatic amines is 1. The van der Waals surface area contributed by atoms with Crippen molar-refractivity contribution in [1.29, 1.82) is 5.26 Å². The summed E-state index contributed by atoms with van der Waals surface area (Å²) in [5.41, 5.74) is 1.82. The van der Waals surface area contributed by atoms with Gasteiger partial charge in [0, 0.05) is 28.4 Å². The zero-order valence-electron chi connectivity index (χ0n) is 17.4. The predicted molar refractivity (Wildman–Crippen MR) is 115 cm³/mol. The Labute approximate surface area is 174 Å². The molecule has 7 heteroatoms. The van der Waals surface area contributed by atoms with Crippen LogP contribution in [0.15, 0.2) is 30.3 Å². The van der Waals surface area contributed by atoms with E-state index < -0.39 is 11.9 Å². The number of piperidine rings is 1. The van der Waals surface area contributed by atoms with Crippen molar-refractivity contribution in [2.75, 3.05) is 18.0 Å². The molecule has 156 valence electrons. The molecule has 30 heavy (non-hydrogen) atoms. The van der Waals surface area contributed by atoms with Gasteiger partial charge < -0.3 is 19.9 Å². The molecule has 1 aliphatic rings. The summed E-state index contributed by atoms with van der Waals surface area (Å²) in [5, 5.41) is 13.9. The quantitative estimate of drug-likeness (QED) is 0.637. The average molecular weight is 408 g/mol. The number of nitrogens with one attached hydrogen (secondary N) is 2. The number of carbonyl (C=O) groups is 1. The highest BCUT2D eigenvalue weighted by Crippen LogP contribution is 2.39. The van der Waals surface area contributed by atoms with Crippen molar-refractivity contribution in [1.82, 2.24) is 10.3 Å². The van der Waals surface area contributed by atoms with E-state index in [0.717, 1.165) is 23.7 Å². The Balaban J connectivity index is 1.71. The number of aromatic nitrogens is 1. The zero-order valence-corrected chi connectivity index (χ0v) is 17.4. The van der Waals surface area contributed by atoms with Crippen LogP contribution in [0.25, 0.3) is 21.8 Å². The molecule has 1 fully saturated rings. The fourth-order valence-corrected chi connectivity index (χ4v) is 4.10. The molecule has 3 aromatic rings. The Morgan fingerprint density at radius 2 is 2.13 bits per heavy atom. The van der Waals surface area contributed by atoms with Gasteiger partial charge in [-0.05, 0) is 45.7 Å². The Kier molecular flexibility index (Phi) is 5.02. The van der Waals surface area contributed by atoms with Crippen molar-refractivity contribution in [2.24, 2.45) is 0 Å². The third-order valence-corrected chi connectivity index (χ3v) is 5.28. The minimum absolute atomic E-state index is 0.275. The number of carbonyl (C=O) groups excluding carboxylic acids is 1. The van der Waals surface area contributed by atoms with E-state index in [-0.39, 0.29) is 17.2 Å². The summed E-state index contributed by atoms with van der Waals surface area (Å²) in [7, 11) is 0. The van der Waals surface area contributed by atoms with Crippen molar-refractivity contribution in [2.45, 2.75) is 45.3 Å². The third kappa shape index (κ3) is 3.78. The van der Waals surface area contributed by atoms with Gasteiger partial charge in [0.1, 0.15) is 18.0 Å². The van der Waals surface area contributed by atoms with Crippen LogP contribution in [0.4, 0.5) is 14.9 Å². The highest BCUT2D eigenvalue weighted by Gasteiger charge is 2.29. The number of alkyl carbamates (subject to hydrolysis) is 1. The monoisotopic (exact) mass is 408 g/mol. The first kappa shape index (κ1) is 20.0. The number of anilines is 1. The molecule has 6 nitrogen and oxygen atoms in total. The number of para-hydroxylation sites is 1. The maximum atomic E-state index is 15.2. The number of hydrogen-bond donors (Lipinski definition) is 2. The van der Waals surface area contributed by atoms with Gasteiger partial charge in [-0.2, -0.15) is 5.26 Å². The summed E-state index contributed by atoms with van der Waals surface area (Å²) in [6.07, 6.45) is 0.697. The van der Waals surface area contributed by atoms with E-state index in [2.05, 4.69) is 16.4 Å². The SMILES string of the molecule is CC(C)(C)NC(=O)O[C@@H]1CCCN(c2c(F)cc(C#N)c3[nH]c4ccccc4c23)C1. The van der Waals surface area contributed by atoms with Crippen molar-refractivity contribution in [3.63, 3.8) is 0 Å². The normalized spacial score (nSPS) is 17.2. The van der Waals surface area contributed by atoms with Gasteiger partial charge in [0.15, 0.2) is 0 Å². The van der Waals surface area contributed by atoms with Gasteiger partial charge in [-0.3, -0.25) is 0 Å². The highest BCUT2D eigenvalue weighted by atomic mass is 19.1. The minimum Gasteiger partial charge on any atom is -0.444 e. The molecule has 0 radical (unpaired) electrons. The maximum Gasteiger partial charge on any atom is 0.407 e. The number of nitrogens with zero attached hydrogens (tertiary/aromatic N) is 2. The smallest absolute Gasteiger partial charge is 0.407 e. The van der Waals surface area contributed by atoms with Crippen LogP contribution in [0.2, 0.25) is 0 Å². The molecule has 1 atom stereocenters. The van der Waals surface area contributed by atoms with Crippen LogP contribution >= 0.6 is 0 Å². The van der Waals surface area contributed by atoms with Crippen LogP contribution in [0.3, 0.4) is 0 Å². The van der Waals surface area contributed by atoms with E-state index in [4.69, 9.17) is 4.74 Å². The molecule has 2 N–H and O–H groups in total. The largest absolute Gasteiger partial charge is 0.444 e. The van der Waals surface area contributed by atoms with E-state index in [0.29, 0.717) is 29.7 Å². The fraction of sp³-hybridized carbons (Fsp3) is 0.391. The summed E-state index contributed by atoms with van der Waals surface area (Å²) in [5.74, 6) is -0.441. The average Bonchev–Trinajstić information content (AvgIpc) is 3.05. The van der Waals surface area contributed by atoms with Crippen molar-refractivity contribution in [3.8, 4) is 6.07 Å². The van der Waals surface area contributed by atoms with E-state index >= 15 is 4.39 Å². The summed E-state index contributed by atoms with van der Waals surface area (Å²) in [6.45, 7) is 6.72. The maximum absolute atomic E-state index is 15.2. The highest BCUT2D eigenvalue weighted by molar-refractivity contribution is 6.15. The van der Waals surface area contributed by atoms with Crippen molar-refractivity contribution in [3.05, 3.63) is 41.7 Å². The van der Waals surface area contributed by atoms with Crippen LogP contribution < -0.4 is 10.2 Å². The molecule has 1 aromatic heterocycles. The molecular formula is C23H25FN4O2. The van der Waals surface area contributed by atoms with Crippen LogP contribution in [-0.4, -0.2) is 35.8 Å². The molecule has 0 aliphatic carbocycles. The first-order valence-corrected chi connectivity index (χ1v) is 10.1. The van der Waals surface area contributed by atoms with Crippen molar-refractivity contribution < 1.29 is 13.9 Å². The summed E-state index contributed by atoms with van der Waals surface area (Å²) >= 11 is 0. The van der Waals surface area contributed by atoms with Gasteiger partial charge in [0.25, 0.3) is 0 Å². The van der Waals surface area contributed by atoms with E-state index in [1.165, 1.54) is 6.07 Å². The standard InChI is InChI=1S/C23H25FN4O2/c1-23(2,3)27-22(29)30-15-7-6-10-28(13-15)21-17(24)11-14(12-25)20-19(21)16-8-4-5-9-18(16)26-20/h4-5,8-9,11,15,26H,6-7,10,13H2,1-3H3,(H,27,29)/t15-/m1/s1. The summed E-state index contributed by atoms with van der Waals surface area (Å²) in [4.78, 5) is 17.4. The lowest BCUT2D eigenvalue weighted by Crippen LogP contribution is -2.46. The van der Waals surface area contributed by atoms with Crippen LogP contribution in [0, 0.1) is 17.1 Å². The number of amides is 1. The Bertz CT molecular complexity index is 1160. The van der Waals surface area contributed by atoms with Gasteiger partial charge in [0.2, 0.25) is 0 Å². The fourth-order valence-electron chi connectivity index (χ4n) is 4.10. The number of rotatable bonds is 2. The molecule has 0 unspecified atom stereocenters. The number of H-pyrrole nitrogens is 1. The van der Waals surface area contributed by atoms with Crippen LogP contribution in [-0.2, 0) is 4.74 Å². The summed E-state index contributed by atoms with van der Waals surface area (Å²) in [6, 6.07) is 11.0. The lowest BCUT2D eigenvalue weighted by atomic mass is 10.0. The molecule has 1 aliphatic heterocycles. The first-order valence-electron chi connectivity index (χ1n) is 10.1.